The SMILES string of the molecule is O=C=NC1(c2cc3c(cc2F)CCCC3)CCC1. The van der Waals surface area contributed by atoms with Gasteiger partial charge in [0.05, 0.1) is 0 Å². The van der Waals surface area contributed by atoms with Gasteiger partial charge in [0.15, 0.2) is 0 Å². The van der Waals surface area contributed by atoms with Crippen molar-refractivity contribution in [3.05, 3.63) is 34.6 Å². The predicted molar refractivity (Wildman–Crippen MR) is 66.7 cm³/mol. The fourth-order valence-corrected chi connectivity index (χ4v) is 3.15. The van der Waals surface area contributed by atoms with Gasteiger partial charge in [-0.15, -0.1) is 0 Å². The highest BCUT2D eigenvalue weighted by Gasteiger charge is 2.41. The summed E-state index contributed by atoms with van der Waals surface area (Å²) >= 11 is 0. The standard InChI is InChI=1S/C15H16FNO/c16-14-9-12-5-2-1-4-11(12)8-13(14)15(17-10-18)6-3-7-15/h8-9H,1-7H2. The first-order valence-electron chi connectivity index (χ1n) is 6.66. The third-order valence-corrected chi connectivity index (χ3v) is 4.37. The summed E-state index contributed by atoms with van der Waals surface area (Å²) < 4.78 is 14.2. The Balaban J connectivity index is 2.09. The summed E-state index contributed by atoms with van der Waals surface area (Å²) in [6.07, 6.45) is 8.45. The second-order valence-electron chi connectivity index (χ2n) is 5.40. The predicted octanol–water partition coefficient (Wildman–Crippen LogP) is 3.42. The molecule has 2 aliphatic carbocycles. The maximum atomic E-state index is 14.2. The maximum absolute atomic E-state index is 14.2. The summed E-state index contributed by atoms with van der Waals surface area (Å²) in [5, 5.41) is 0. The Hall–Kier alpha value is -1.47. The van der Waals surface area contributed by atoms with Gasteiger partial charge in [-0.3, -0.25) is 0 Å². The Morgan fingerprint density at radius 2 is 1.78 bits per heavy atom. The largest absolute Gasteiger partial charge is 0.235 e. The second-order valence-corrected chi connectivity index (χ2v) is 5.40. The van der Waals surface area contributed by atoms with Crippen molar-refractivity contribution in [1.82, 2.24) is 0 Å². The van der Waals surface area contributed by atoms with Crippen LogP contribution in [-0.4, -0.2) is 6.08 Å². The number of carbonyl (C=O) groups excluding carboxylic acids is 1. The lowest BCUT2D eigenvalue weighted by Crippen LogP contribution is -2.33. The van der Waals surface area contributed by atoms with Crippen molar-refractivity contribution in [2.24, 2.45) is 4.99 Å². The van der Waals surface area contributed by atoms with E-state index in [1.807, 2.05) is 6.07 Å². The quantitative estimate of drug-likeness (QED) is 0.580. The number of fused-ring (bicyclic) bond motifs is 1. The van der Waals surface area contributed by atoms with E-state index in [1.165, 1.54) is 12.0 Å². The van der Waals surface area contributed by atoms with Crippen LogP contribution in [0.25, 0.3) is 0 Å². The van der Waals surface area contributed by atoms with E-state index in [9.17, 15) is 9.18 Å². The molecule has 0 spiro atoms. The van der Waals surface area contributed by atoms with Gasteiger partial charge in [-0.1, -0.05) is 6.07 Å². The molecule has 0 bridgehead atoms. The van der Waals surface area contributed by atoms with E-state index >= 15 is 0 Å². The molecule has 1 aromatic carbocycles. The normalized spacial score (nSPS) is 20.5. The molecular weight excluding hydrogens is 229 g/mol. The van der Waals surface area contributed by atoms with Crippen LogP contribution in [0, 0.1) is 5.82 Å². The van der Waals surface area contributed by atoms with Gasteiger partial charge < -0.3 is 0 Å². The molecule has 94 valence electrons. The van der Waals surface area contributed by atoms with Crippen molar-refractivity contribution in [3.8, 4) is 0 Å². The molecular formula is C15H16FNO. The Bertz CT molecular complexity index is 528. The summed E-state index contributed by atoms with van der Waals surface area (Å²) in [6, 6.07) is 3.61. The number of hydrogen-bond donors (Lipinski definition) is 0. The summed E-state index contributed by atoms with van der Waals surface area (Å²) in [6.45, 7) is 0. The van der Waals surface area contributed by atoms with E-state index in [2.05, 4.69) is 4.99 Å². The van der Waals surface area contributed by atoms with Gasteiger partial charge in [-0.25, -0.2) is 9.18 Å². The minimum atomic E-state index is -0.613. The number of aryl methyl sites for hydroxylation is 2. The number of nitrogens with zero attached hydrogens (tertiary/aromatic N) is 1. The Morgan fingerprint density at radius 1 is 1.11 bits per heavy atom. The molecule has 1 saturated carbocycles. The molecule has 3 heteroatoms. The summed E-state index contributed by atoms with van der Waals surface area (Å²) in [7, 11) is 0. The lowest BCUT2D eigenvalue weighted by molar-refractivity contribution is 0.247. The Labute approximate surface area is 106 Å². The first-order chi connectivity index (χ1) is 8.75. The van der Waals surface area contributed by atoms with Crippen molar-refractivity contribution in [2.75, 3.05) is 0 Å². The minimum absolute atomic E-state index is 0.200. The zero-order valence-corrected chi connectivity index (χ0v) is 10.3. The Kier molecular flexibility index (Phi) is 2.79. The van der Waals surface area contributed by atoms with Crippen molar-refractivity contribution in [1.29, 1.82) is 0 Å². The van der Waals surface area contributed by atoms with Crippen molar-refractivity contribution in [2.45, 2.75) is 50.5 Å². The van der Waals surface area contributed by atoms with Crippen LogP contribution in [0.4, 0.5) is 4.39 Å². The molecule has 1 aromatic rings. The van der Waals surface area contributed by atoms with Crippen LogP contribution < -0.4 is 0 Å². The molecule has 0 heterocycles. The van der Waals surface area contributed by atoms with Crippen LogP contribution >= 0.6 is 0 Å². The van der Waals surface area contributed by atoms with Gasteiger partial charge in [-0.05, 0) is 62.1 Å². The van der Waals surface area contributed by atoms with E-state index in [0.717, 1.165) is 44.1 Å². The average molecular weight is 245 g/mol. The van der Waals surface area contributed by atoms with Gasteiger partial charge in [0.25, 0.3) is 0 Å². The molecule has 2 nitrogen and oxygen atoms in total. The summed E-state index contributed by atoms with van der Waals surface area (Å²) in [5.74, 6) is -0.200. The van der Waals surface area contributed by atoms with E-state index in [1.54, 1.807) is 12.1 Å². The number of benzene rings is 1. The molecule has 2 aliphatic rings. The average Bonchev–Trinajstić information content (AvgIpc) is 2.33. The molecule has 3 rings (SSSR count). The lowest BCUT2D eigenvalue weighted by atomic mass is 9.71. The fourth-order valence-electron chi connectivity index (χ4n) is 3.15. The van der Waals surface area contributed by atoms with Gasteiger partial charge in [0.1, 0.15) is 11.4 Å². The zero-order chi connectivity index (χ0) is 12.6. The van der Waals surface area contributed by atoms with Crippen LogP contribution in [-0.2, 0) is 23.2 Å². The number of aliphatic imine (C=N–C) groups is 1. The molecule has 0 aromatic heterocycles. The molecule has 0 saturated heterocycles. The lowest BCUT2D eigenvalue weighted by Gasteiger charge is -2.38. The van der Waals surface area contributed by atoms with Crippen molar-refractivity contribution in [3.63, 3.8) is 0 Å². The monoisotopic (exact) mass is 245 g/mol. The first-order valence-corrected chi connectivity index (χ1v) is 6.66. The highest BCUT2D eigenvalue weighted by molar-refractivity contribution is 5.43. The highest BCUT2D eigenvalue weighted by Crippen LogP contribution is 2.46. The third-order valence-electron chi connectivity index (χ3n) is 4.37. The third kappa shape index (κ3) is 1.70. The van der Waals surface area contributed by atoms with Gasteiger partial charge in [-0.2, -0.15) is 4.99 Å². The molecule has 18 heavy (non-hydrogen) atoms. The second kappa shape index (κ2) is 4.33. The molecule has 0 unspecified atom stereocenters. The van der Waals surface area contributed by atoms with Crippen LogP contribution in [0.2, 0.25) is 0 Å². The van der Waals surface area contributed by atoms with Crippen LogP contribution in [0.3, 0.4) is 0 Å². The van der Waals surface area contributed by atoms with Crippen molar-refractivity contribution < 1.29 is 9.18 Å². The van der Waals surface area contributed by atoms with Crippen LogP contribution in [0.1, 0.15) is 48.8 Å². The number of isocyanates is 1. The van der Waals surface area contributed by atoms with Gasteiger partial charge >= 0.3 is 0 Å². The molecule has 1 fully saturated rings. The van der Waals surface area contributed by atoms with E-state index < -0.39 is 5.54 Å². The van der Waals surface area contributed by atoms with Gasteiger partial charge in [0.2, 0.25) is 6.08 Å². The summed E-state index contributed by atoms with van der Waals surface area (Å²) in [5.41, 5.74) is 2.37. The van der Waals surface area contributed by atoms with E-state index in [-0.39, 0.29) is 5.82 Å². The van der Waals surface area contributed by atoms with E-state index in [4.69, 9.17) is 0 Å². The highest BCUT2D eigenvalue weighted by atomic mass is 19.1. The summed E-state index contributed by atoms with van der Waals surface area (Å²) in [4.78, 5) is 14.5. The van der Waals surface area contributed by atoms with Gasteiger partial charge in [0, 0.05) is 5.56 Å². The van der Waals surface area contributed by atoms with Crippen LogP contribution in [0.5, 0.6) is 0 Å². The molecule has 0 aliphatic heterocycles. The van der Waals surface area contributed by atoms with E-state index in [0.29, 0.717) is 5.56 Å². The number of hydrogen-bond acceptors (Lipinski definition) is 2. The smallest absolute Gasteiger partial charge is 0.211 e. The molecule has 0 radical (unpaired) electrons. The van der Waals surface area contributed by atoms with Crippen molar-refractivity contribution >= 4 is 6.08 Å². The minimum Gasteiger partial charge on any atom is -0.211 e. The number of halogens is 1. The van der Waals surface area contributed by atoms with Crippen LogP contribution in [0.15, 0.2) is 17.1 Å². The molecule has 0 N–H and O–H groups in total. The zero-order valence-electron chi connectivity index (χ0n) is 10.3. The topological polar surface area (TPSA) is 29.4 Å². The molecule has 0 atom stereocenters. The Morgan fingerprint density at radius 3 is 2.33 bits per heavy atom. The molecule has 0 amide bonds. The fraction of sp³-hybridized carbons (Fsp3) is 0.533. The first kappa shape index (κ1) is 11.6. The maximum Gasteiger partial charge on any atom is 0.235 e. The number of rotatable bonds is 2.